The van der Waals surface area contributed by atoms with Crippen LogP contribution in [0.1, 0.15) is 18.5 Å². The molecule has 1 unspecified atom stereocenters. The molecule has 0 amide bonds. The summed E-state index contributed by atoms with van der Waals surface area (Å²) in [6.45, 7) is 0.927. The molecule has 1 atom stereocenters. The van der Waals surface area contributed by atoms with E-state index in [0.29, 0.717) is 19.4 Å². The smallest absolute Gasteiger partial charge is 0.312 e. The average molecular weight is 260 g/mol. The molecule has 0 bridgehead atoms. The summed E-state index contributed by atoms with van der Waals surface area (Å²) >= 11 is 0. The number of ether oxygens (including phenoxy) is 1. The number of rotatable bonds is 3. The molecule has 2 aromatic rings. The first-order chi connectivity index (χ1) is 9.20. The van der Waals surface area contributed by atoms with Gasteiger partial charge in [-0.3, -0.25) is 4.79 Å². The maximum absolute atomic E-state index is 11.6. The van der Waals surface area contributed by atoms with Gasteiger partial charge in [0.05, 0.1) is 17.7 Å². The molecule has 3 heterocycles. The Morgan fingerprint density at radius 1 is 1.53 bits per heavy atom. The molecule has 100 valence electrons. The molecule has 19 heavy (non-hydrogen) atoms. The minimum absolute atomic E-state index is 0.274. The van der Waals surface area contributed by atoms with Crippen LogP contribution in [-0.2, 0) is 16.0 Å². The van der Waals surface area contributed by atoms with Crippen LogP contribution in [0.3, 0.4) is 0 Å². The van der Waals surface area contributed by atoms with Crippen molar-refractivity contribution >= 4 is 11.6 Å². The number of pyridine rings is 1. The lowest BCUT2D eigenvalue weighted by Gasteiger charge is -2.32. The molecule has 5 nitrogen and oxygen atoms in total. The van der Waals surface area contributed by atoms with Crippen LogP contribution in [0.4, 0.5) is 0 Å². The summed E-state index contributed by atoms with van der Waals surface area (Å²) in [5, 5.41) is 9.51. The Hall–Kier alpha value is -1.88. The molecule has 0 saturated carbocycles. The number of hydrogen-bond donors (Lipinski definition) is 1. The number of aromatic nitrogens is 2. The van der Waals surface area contributed by atoms with E-state index in [9.17, 15) is 9.90 Å². The van der Waals surface area contributed by atoms with Crippen LogP contribution in [0.25, 0.3) is 5.65 Å². The first-order valence-corrected chi connectivity index (χ1v) is 6.43. The van der Waals surface area contributed by atoms with Crippen LogP contribution in [0.15, 0.2) is 30.6 Å². The Labute approximate surface area is 110 Å². The molecule has 1 saturated heterocycles. The summed E-state index contributed by atoms with van der Waals surface area (Å²) in [4.78, 5) is 16.1. The van der Waals surface area contributed by atoms with Crippen LogP contribution in [-0.4, -0.2) is 33.7 Å². The van der Waals surface area contributed by atoms with E-state index in [4.69, 9.17) is 4.74 Å². The van der Waals surface area contributed by atoms with Gasteiger partial charge in [0.15, 0.2) is 0 Å². The van der Waals surface area contributed by atoms with E-state index >= 15 is 0 Å². The highest BCUT2D eigenvalue weighted by Crippen LogP contribution is 2.32. The molecule has 0 spiro atoms. The van der Waals surface area contributed by atoms with Gasteiger partial charge in [0.25, 0.3) is 0 Å². The second-order valence-corrected chi connectivity index (χ2v) is 5.12. The van der Waals surface area contributed by atoms with Gasteiger partial charge in [0, 0.05) is 25.4 Å². The van der Waals surface area contributed by atoms with E-state index in [1.807, 2.05) is 35.0 Å². The molecule has 5 heteroatoms. The maximum atomic E-state index is 11.6. The fraction of sp³-hybridized carbons (Fsp3) is 0.429. The van der Waals surface area contributed by atoms with Crippen molar-refractivity contribution in [1.82, 2.24) is 9.38 Å². The van der Waals surface area contributed by atoms with Crippen LogP contribution in [0.2, 0.25) is 0 Å². The van der Waals surface area contributed by atoms with Crippen LogP contribution in [0.5, 0.6) is 0 Å². The maximum Gasteiger partial charge on any atom is 0.312 e. The third-order valence-corrected chi connectivity index (χ3v) is 3.71. The molecule has 0 aromatic carbocycles. The first kappa shape index (κ1) is 12.2. The zero-order valence-corrected chi connectivity index (χ0v) is 10.6. The van der Waals surface area contributed by atoms with E-state index < -0.39 is 11.4 Å². The van der Waals surface area contributed by atoms with Crippen LogP contribution < -0.4 is 0 Å². The Balaban J connectivity index is 1.91. The number of aliphatic carboxylic acids is 1. The predicted molar refractivity (Wildman–Crippen MR) is 69.0 cm³/mol. The Bertz CT molecular complexity index is 567. The highest BCUT2D eigenvalue weighted by molar-refractivity contribution is 5.75. The van der Waals surface area contributed by atoms with E-state index in [1.165, 1.54) is 0 Å². The lowest BCUT2D eigenvalue weighted by molar-refractivity contribution is -0.157. The van der Waals surface area contributed by atoms with Crippen molar-refractivity contribution in [2.45, 2.75) is 19.3 Å². The summed E-state index contributed by atoms with van der Waals surface area (Å²) < 4.78 is 7.29. The van der Waals surface area contributed by atoms with Gasteiger partial charge >= 0.3 is 5.97 Å². The summed E-state index contributed by atoms with van der Waals surface area (Å²) in [7, 11) is 0. The molecule has 1 fully saturated rings. The summed E-state index contributed by atoms with van der Waals surface area (Å²) in [5.41, 5.74) is 0.824. The molecule has 0 radical (unpaired) electrons. The zero-order valence-electron chi connectivity index (χ0n) is 10.6. The number of nitrogens with zero attached hydrogens (tertiary/aromatic N) is 2. The van der Waals surface area contributed by atoms with Crippen molar-refractivity contribution in [1.29, 1.82) is 0 Å². The third-order valence-electron chi connectivity index (χ3n) is 3.71. The third kappa shape index (κ3) is 2.21. The highest BCUT2D eigenvalue weighted by atomic mass is 16.5. The summed E-state index contributed by atoms with van der Waals surface area (Å²) in [6.07, 6.45) is 5.67. The molecule has 1 aliphatic heterocycles. The van der Waals surface area contributed by atoms with Crippen molar-refractivity contribution < 1.29 is 14.6 Å². The molecule has 3 rings (SSSR count). The zero-order chi connectivity index (χ0) is 13.3. The number of imidazole rings is 1. The second-order valence-electron chi connectivity index (χ2n) is 5.12. The van der Waals surface area contributed by atoms with Gasteiger partial charge in [-0.05, 0) is 25.0 Å². The van der Waals surface area contributed by atoms with Crippen molar-refractivity contribution in [2.24, 2.45) is 5.41 Å². The predicted octanol–water partition coefficient (Wildman–Crippen LogP) is 1.76. The second kappa shape index (κ2) is 4.66. The number of hydrogen-bond acceptors (Lipinski definition) is 3. The van der Waals surface area contributed by atoms with Crippen LogP contribution >= 0.6 is 0 Å². The van der Waals surface area contributed by atoms with Gasteiger partial charge in [-0.15, -0.1) is 0 Å². The summed E-state index contributed by atoms with van der Waals surface area (Å²) in [6, 6.07) is 5.76. The topological polar surface area (TPSA) is 63.8 Å². The number of fused-ring (bicyclic) bond motifs is 1. The standard InChI is InChI=1S/C14H16N2O3/c17-13(18)14(5-3-7-19-10-14)8-11-9-16-6-2-1-4-12(16)15-11/h1-2,4,6,9H,3,5,7-8,10H2,(H,17,18). The van der Waals surface area contributed by atoms with Gasteiger partial charge in [-0.1, -0.05) is 6.07 Å². The number of carboxylic acids is 1. The van der Waals surface area contributed by atoms with E-state index in [1.54, 1.807) is 0 Å². The SMILES string of the molecule is O=C(O)C1(Cc2cn3ccccc3n2)CCCOC1. The van der Waals surface area contributed by atoms with E-state index in [2.05, 4.69) is 4.98 Å². The number of carboxylic acid groups (broad SMARTS) is 1. The van der Waals surface area contributed by atoms with Gasteiger partial charge in [-0.2, -0.15) is 0 Å². The van der Waals surface area contributed by atoms with Gasteiger partial charge in [0.1, 0.15) is 5.65 Å². The quantitative estimate of drug-likeness (QED) is 0.913. The molecule has 2 aromatic heterocycles. The molecule has 1 aliphatic rings. The molecule has 0 aliphatic carbocycles. The van der Waals surface area contributed by atoms with Crippen LogP contribution in [0, 0.1) is 5.41 Å². The monoisotopic (exact) mass is 260 g/mol. The number of carbonyl (C=O) groups is 1. The minimum atomic E-state index is -0.823. The lowest BCUT2D eigenvalue weighted by Crippen LogP contribution is -2.41. The molecule has 1 N–H and O–H groups in total. The van der Waals surface area contributed by atoms with Gasteiger partial charge in [0.2, 0.25) is 0 Å². The average Bonchev–Trinajstić information content (AvgIpc) is 2.81. The van der Waals surface area contributed by atoms with Crippen molar-refractivity contribution in [3.63, 3.8) is 0 Å². The molecular formula is C14H16N2O3. The fourth-order valence-electron chi connectivity index (χ4n) is 2.66. The minimum Gasteiger partial charge on any atom is -0.481 e. The van der Waals surface area contributed by atoms with Crippen molar-refractivity contribution in [3.05, 3.63) is 36.3 Å². The largest absolute Gasteiger partial charge is 0.481 e. The summed E-state index contributed by atoms with van der Waals surface area (Å²) in [5.74, 6) is -0.788. The van der Waals surface area contributed by atoms with E-state index in [0.717, 1.165) is 17.8 Å². The Morgan fingerprint density at radius 2 is 2.42 bits per heavy atom. The highest BCUT2D eigenvalue weighted by Gasteiger charge is 2.41. The van der Waals surface area contributed by atoms with Crippen molar-refractivity contribution in [2.75, 3.05) is 13.2 Å². The lowest BCUT2D eigenvalue weighted by atomic mass is 9.78. The Kier molecular flexibility index (Phi) is 2.98. The Morgan fingerprint density at radius 3 is 3.11 bits per heavy atom. The van der Waals surface area contributed by atoms with Crippen molar-refractivity contribution in [3.8, 4) is 0 Å². The van der Waals surface area contributed by atoms with Gasteiger partial charge in [-0.25, -0.2) is 4.98 Å². The fourth-order valence-corrected chi connectivity index (χ4v) is 2.66. The van der Waals surface area contributed by atoms with E-state index in [-0.39, 0.29) is 6.61 Å². The normalized spacial score (nSPS) is 23.6. The molecular weight excluding hydrogens is 244 g/mol. The first-order valence-electron chi connectivity index (χ1n) is 6.43. The van der Waals surface area contributed by atoms with Gasteiger partial charge < -0.3 is 14.2 Å².